The summed E-state index contributed by atoms with van der Waals surface area (Å²) in [5.41, 5.74) is 2.88. The van der Waals surface area contributed by atoms with Crippen molar-refractivity contribution in [2.45, 2.75) is 19.4 Å². The molecule has 4 aromatic rings. The van der Waals surface area contributed by atoms with E-state index in [1.807, 2.05) is 61.7 Å². The van der Waals surface area contributed by atoms with Gasteiger partial charge in [-0.25, -0.2) is 14.2 Å². The Balaban J connectivity index is 1.75. The summed E-state index contributed by atoms with van der Waals surface area (Å²) in [5.74, 6) is -1.18. The standard InChI is InChI=1S/C28H28FN3O3S2/c1-18-9-4-5-10-19(18)20-11-8-12-21(29)25(20)26(33)32(23(15-16-36-3)27(34)35-2)17-30-28-31-22-13-6-7-14-24(22)37-28/h4-14,23H,15-17H2,1-3H3,(H,30,31)/t23-/m0/s1. The summed E-state index contributed by atoms with van der Waals surface area (Å²) in [7, 11) is 1.29. The Hall–Kier alpha value is -3.43. The van der Waals surface area contributed by atoms with Crippen LogP contribution < -0.4 is 5.32 Å². The van der Waals surface area contributed by atoms with Crippen LogP contribution in [0.1, 0.15) is 22.3 Å². The number of nitrogens with one attached hydrogen (secondary N) is 1. The molecule has 192 valence electrons. The van der Waals surface area contributed by atoms with Crippen molar-refractivity contribution in [2.24, 2.45) is 0 Å². The number of rotatable bonds is 10. The van der Waals surface area contributed by atoms with Crippen molar-refractivity contribution in [1.29, 1.82) is 0 Å². The topological polar surface area (TPSA) is 71.5 Å². The van der Waals surface area contributed by atoms with Gasteiger partial charge in [0.15, 0.2) is 5.13 Å². The van der Waals surface area contributed by atoms with Crippen LogP contribution in [-0.2, 0) is 9.53 Å². The van der Waals surface area contributed by atoms with Gasteiger partial charge in [-0.05, 0) is 60.2 Å². The number of carbonyl (C=O) groups excluding carboxylic acids is 2. The number of esters is 1. The van der Waals surface area contributed by atoms with E-state index in [1.54, 1.807) is 23.9 Å². The van der Waals surface area contributed by atoms with Crippen molar-refractivity contribution in [2.75, 3.05) is 31.1 Å². The summed E-state index contributed by atoms with van der Waals surface area (Å²) < 4.78 is 21.4. The van der Waals surface area contributed by atoms with Gasteiger partial charge in [0.2, 0.25) is 0 Å². The maximum absolute atomic E-state index is 15.4. The molecule has 9 heteroatoms. The molecule has 0 saturated carbocycles. The molecular formula is C28H28FN3O3S2. The Bertz CT molecular complexity index is 1380. The van der Waals surface area contributed by atoms with Crippen molar-refractivity contribution in [3.05, 3.63) is 83.7 Å². The van der Waals surface area contributed by atoms with Gasteiger partial charge in [-0.1, -0.05) is 59.9 Å². The van der Waals surface area contributed by atoms with Gasteiger partial charge in [0.05, 0.1) is 29.6 Å². The third-order valence-corrected chi connectivity index (χ3v) is 7.70. The maximum Gasteiger partial charge on any atom is 0.328 e. The number of amides is 1. The second kappa shape index (κ2) is 12.2. The number of hydrogen-bond donors (Lipinski definition) is 1. The number of benzene rings is 3. The van der Waals surface area contributed by atoms with Crippen LogP contribution >= 0.6 is 23.1 Å². The first-order chi connectivity index (χ1) is 17.9. The highest BCUT2D eigenvalue weighted by molar-refractivity contribution is 7.98. The van der Waals surface area contributed by atoms with E-state index in [0.29, 0.717) is 22.9 Å². The largest absolute Gasteiger partial charge is 0.467 e. The van der Waals surface area contributed by atoms with E-state index in [0.717, 1.165) is 21.3 Å². The van der Waals surface area contributed by atoms with Gasteiger partial charge in [0, 0.05) is 0 Å². The molecule has 1 heterocycles. The van der Waals surface area contributed by atoms with Gasteiger partial charge < -0.3 is 15.0 Å². The number of nitrogens with zero attached hydrogens (tertiary/aromatic N) is 2. The van der Waals surface area contributed by atoms with E-state index >= 15 is 4.39 Å². The fourth-order valence-electron chi connectivity index (χ4n) is 4.18. The quantitative estimate of drug-likeness (QED) is 0.191. The number of carbonyl (C=O) groups is 2. The molecule has 1 aromatic heterocycles. The summed E-state index contributed by atoms with van der Waals surface area (Å²) in [6, 6.07) is 18.9. The number of fused-ring (bicyclic) bond motifs is 1. The average molecular weight is 538 g/mol. The van der Waals surface area contributed by atoms with Crippen LogP contribution in [0.5, 0.6) is 0 Å². The molecule has 1 amide bonds. The molecule has 0 spiro atoms. The molecule has 0 aliphatic rings. The van der Waals surface area contributed by atoms with E-state index in [-0.39, 0.29) is 12.2 Å². The number of halogens is 1. The van der Waals surface area contributed by atoms with Gasteiger partial charge in [0.25, 0.3) is 5.91 Å². The van der Waals surface area contributed by atoms with Crippen molar-refractivity contribution in [1.82, 2.24) is 9.88 Å². The number of ether oxygens (including phenoxy) is 1. The van der Waals surface area contributed by atoms with Crippen LogP contribution in [-0.4, -0.2) is 53.6 Å². The maximum atomic E-state index is 15.4. The molecule has 3 aromatic carbocycles. The first-order valence-electron chi connectivity index (χ1n) is 11.8. The molecule has 0 saturated heterocycles. The molecule has 1 atom stereocenters. The van der Waals surface area contributed by atoms with Crippen LogP contribution in [0.15, 0.2) is 66.7 Å². The van der Waals surface area contributed by atoms with Crippen LogP contribution in [0.4, 0.5) is 9.52 Å². The van der Waals surface area contributed by atoms with Crippen molar-refractivity contribution < 1.29 is 18.7 Å². The lowest BCUT2D eigenvalue weighted by Crippen LogP contribution is -2.48. The van der Waals surface area contributed by atoms with Crippen LogP contribution in [0, 0.1) is 12.7 Å². The molecule has 0 bridgehead atoms. The van der Waals surface area contributed by atoms with E-state index < -0.39 is 23.7 Å². The second-order valence-corrected chi connectivity index (χ2v) is 10.4. The summed E-state index contributed by atoms with van der Waals surface area (Å²) >= 11 is 3.00. The minimum atomic E-state index is -0.906. The normalized spacial score (nSPS) is 11.8. The van der Waals surface area contributed by atoms with Gasteiger partial charge >= 0.3 is 5.97 Å². The zero-order chi connectivity index (χ0) is 26.4. The van der Waals surface area contributed by atoms with Crippen molar-refractivity contribution >= 4 is 50.3 Å². The molecule has 1 N–H and O–H groups in total. The SMILES string of the molecule is COC(=O)[C@H](CCSC)N(CNc1nc2ccccc2s1)C(=O)c1c(F)cccc1-c1ccccc1C. The lowest BCUT2D eigenvalue weighted by atomic mass is 9.94. The molecule has 4 rings (SSSR count). The molecule has 0 radical (unpaired) electrons. The molecule has 6 nitrogen and oxygen atoms in total. The Morgan fingerprint density at radius 3 is 2.54 bits per heavy atom. The van der Waals surface area contributed by atoms with Gasteiger partial charge in [-0.3, -0.25) is 4.79 Å². The Morgan fingerprint density at radius 1 is 1.08 bits per heavy atom. The lowest BCUT2D eigenvalue weighted by Gasteiger charge is -2.31. The zero-order valence-corrected chi connectivity index (χ0v) is 22.5. The van der Waals surface area contributed by atoms with Gasteiger partial charge in [-0.15, -0.1) is 0 Å². The lowest BCUT2D eigenvalue weighted by molar-refractivity contribution is -0.146. The molecule has 0 fully saturated rings. The van der Waals surface area contributed by atoms with E-state index in [2.05, 4.69) is 10.3 Å². The number of aryl methyl sites for hydroxylation is 1. The molecule has 0 aliphatic carbocycles. The van der Waals surface area contributed by atoms with E-state index in [9.17, 15) is 9.59 Å². The Kier molecular flexibility index (Phi) is 8.78. The summed E-state index contributed by atoms with van der Waals surface area (Å²) in [6.45, 7) is 1.87. The molecule has 0 unspecified atom stereocenters. The van der Waals surface area contributed by atoms with Crippen LogP contribution in [0.25, 0.3) is 21.3 Å². The Morgan fingerprint density at radius 2 is 1.81 bits per heavy atom. The fraction of sp³-hybridized carbons (Fsp3) is 0.250. The first kappa shape index (κ1) is 26.6. The summed E-state index contributed by atoms with van der Waals surface area (Å²) in [5, 5.41) is 3.78. The molecule has 37 heavy (non-hydrogen) atoms. The highest BCUT2D eigenvalue weighted by atomic mass is 32.2. The zero-order valence-electron chi connectivity index (χ0n) is 20.9. The average Bonchev–Trinajstić information content (AvgIpc) is 3.33. The number of anilines is 1. The molecule has 0 aliphatic heterocycles. The van der Waals surface area contributed by atoms with Crippen molar-refractivity contribution in [3.63, 3.8) is 0 Å². The van der Waals surface area contributed by atoms with Gasteiger partial charge in [-0.2, -0.15) is 11.8 Å². The van der Waals surface area contributed by atoms with E-state index in [1.165, 1.54) is 29.4 Å². The summed E-state index contributed by atoms with van der Waals surface area (Å²) in [6.07, 6.45) is 2.28. The highest BCUT2D eigenvalue weighted by Crippen LogP contribution is 2.31. The number of hydrogen-bond acceptors (Lipinski definition) is 7. The monoisotopic (exact) mass is 537 g/mol. The van der Waals surface area contributed by atoms with Crippen LogP contribution in [0.2, 0.25) is 0 Å². The summed E-state index contributed by atoms with van der Waals surface area (Å²) in [4.78, 5) is 32.9. The van der Waals surface area contributed by atoms with Crippen LogP contribution in [0.3, 0.4) is 0 Å². The number of thiazole rings is 1. The van der Waals surface area contributed by atoms with E-state index in [4.69, 9.17) is 4.74 Å². The third-order valence-electron chi connectivity index (χ3n) is 6.06. The smallest absolute Gasteiger partial charge is 0.328 e. The minimum Gasteiger partial charge on any atom is -0.467 e. The number of methoxy groups -OCH3 is 1. The fourth-order valence-corrected chi connectivity index (χ4v) is 5.49. The minimum absolute atomic E-state index is 0.0473. The number of para-hydroxylation sites is 1. The predicted molar refractivity (Wildman–Crippen MR) is 150 cm³/mol. The second-order valence-electron chi connectivity index (χ2n) is 8.39. The highest BCUT2D eigenvalue weighted by Gasteiger charge is 2.34. The van der Waals surface area contributed by atoms with Crippen molar-refractivity contribution in [3.8, 4) is 11.1 Å². The van der Waals surface area contributed by atoms with Gasteiger partial charge in [0.1, 0.15) is 11.9 Å². The third kappa shape index (κ3) is 5.94. The predicted octanol–water partition coefficient (Wildman–Crippen LogP) is 6.22. The Labute approximate surface area is 223 Å². The first-order valence-corrected chi connectivity index (χ1v) is 14.0. The number of aromatic nitrogens is 1. The number of thioether (sulfide) groups is 1. The molecular weight excluding hydrogens is 509 g/mol.